The summed E-state index contributed by atoms with van der Waals surface area (Å²) in [6.07, 6.45) is 1.61. The molecular weight excluding hydrogens is 384 g/mol. The van der Waals surface area contributed by atoms with E-state index in [4.69, 9.17) is 28.4 Å². The van der Waals surface area contributed by atoms with Crippen molar-refractivity contribution in [3.63, 3.8) is 0 Å². The van der Waals surface area contributed by atoms with E-state index in [1.807, 2.05) is 7.05 Å². The Kier molecular flexibility index (Phi) is 16.4. The number of carbonyl (C=O) groups excluding carboxylic acids is 1. The van der Waals surface area contributed by atoms with E-state index in [0.29, 0.717) is 91.6 Å². The Balaban J connectivity index is 1.73. The lowest BCUT2D eigenvalue weighted by Crippen LogP contribution is -2.16. The Bertz CT molecular complexity index is 516. The second-order valence-electron chi connectivity index (χ2n) is 5.89. The van der Waals surface area contributed by atoms with Gasteiger partial charge in [0, 0.05) is 6.92 Å². The molecule has 0 fully saturated rings. The van der Waals surface area contributed by atoms with Gasteiger partial charge in [-0.1, -0.05) is 5.21 Å². The third kappa shape index (κ3) is 15.1. The Morgan fingerprint density at radius 3 is 1.69 bits per heavy atom. The molecule has 1 heterocycles. The number of ether oxygens (including phenoxy) is 6. The molecule has 1 N–H and O–H groups in total. The van der Waals surface area contributed by atoms with Crippen LogP contribution in [0.1, 0.15) is 17.4 Å². The van der Waals surface area contributed by atoms with Crippen molar-refractivity contribution in [1.29, 1.82) is 0 Å². The van der Waals surface area contributed by atoms with Crippen molar-refractivity contribution < 1.29 is 33.2 Å². The molecule has 0 spiro atoms. The van der Waals surface area contributed by atoms with Crippen LogP contribution in [0, 0.1) is 0 Å². The molecule has 0 saturated heterocycles. The monoisotopic (exact) mass is 418 g/mol. The van der Waals surface area contributed by atoms with E-state index in [1.54, 1.807) is 10.9 Å². The van der Waals surface area contributed by atoms with E-state index < -0.39 is 0 Å². The molecule has 0 aliphatic heterocycles. The van der Waals surface area contributed by atoms with Crippen LogP contribution in [-0.4, -0.2) is 107 Å². The highest BCUT2D eigenvalue weighted by Crippen LogP contribution is 1.94. The molecule has 11 heteroatoms. The van der Waals surface area contributed by atoms with Crippen LogP contribution in [0.2, 0.25) is 0 Å². The average Bonchev–Trinajstić information content (AvgIpc) is 3.19. The number of rotatable bonds is 21. The largest absolute Gasteiger partial charge is 0.377 e. The van der Waals surface area contributed by atoms with Gasteiger partial charge in [0.2, 0.25) is 0 Å². The van der Waals surface area contributed by atoms with Gasteiger partial charge in [0.05, 0.1) is 92.1 Å². The summed E-state index contributed by atoms with van der Waals surface area (Å²) >= 11 is 0. The maximum atomic E-state index is 11.1. The maximum Gasteiger partial charge on any atom is 0.181 e. The van der Waals surface area contributed by atoms with Gasteiger partial charge in [-0.15, -0.1) is 5.10 Å². The molecule has 11 nitrogen and oxygen atoms in total. The fraction of sp³-hybridized carbons (Fsp3) is 0.833. The van der Waals surface area contributed by atoms with Gasteiger partial charge < -0.3 is 28.4 Å². The minimum Gasteiger partial charge on any atom is -0.377 e. The number of nitrogens with zero attached hydrogens (tertiary/aromatic N) is 3. The molecule has 0 atom stereocenters. The van der Waals surface area contributed by atoms with E-state index in [0.717, 1.165) is 0 Å². The Morgan fingerprint density at radius 1 is 0.828 bits per heavy atom. The standard InChI is InChI=1S/C18H34N4O7/c1-17(23)18-15-22(21-20-18)3-4-24-5-6-25-7-8-26-9-10-27-11-12-28-13-14-29-16-19-2/h15,19H,3-14,16H2,1-2H3. The molecule has 1 aromatic heterocycles. The fourth-order valence-corrected chi connectivity index (χ4v) is 2.00. The highest BCUT2D eigenvalue weighted by molar-refractivity contribution is 5.91. The summed E-state index contributed by atoms with van der Waals surface area (Å²) in [6.45, 7) is 8.24. The van der Waals surface area contributed by atoms with Gasteiger partial charge in [0.15, 0.2) is 5.78 Å². The van der Waals surface area contributed by atoms with Crippen molar-refractivity contribution in [2.45, 2.75) is 13.5 Å². The molecule has 0 aliphatic carbocycles. The minimum absolute atomic E-state index is 0.102. The van der Waals surface area contributed by atoms with E-state index in [-0.39, 0.29) is 5.78 Å². The van der Waals surface area contributed by atoms with Crippen LogP contribution >= 0.6 is 0 Å². The predicted octanol–water partition coefficient (Wildman–Crippen LogP) is -0.243. The summed E-state index contributed by atoms with van der Waals surface area (Å²) in [4.78, 5) is 11.1. The summed E-state index contributed by atoms with van der Waals surface area (Å²) in [5.74, 6) is -0.102. The van der Waals surface area contributed by atoms with Crippen molar-refractivity contribution in [3.8, 4) is 0 Å². The SMILES string of the molecule is CNCOCCOCCOCCOCCOCCOCCn1cc(C(C)=O)nn1. The van der Waals surface area contributed by atoms with Crippen LogP contribution in [0.3, 0.4) is 0 Å². The third-order valence-corrected chi connectivity index (χ3v) is 3.47. The molecule has 168 valence electrons. The highest BCUT2D eigenvalue weighted by atomic mass is 16.6. The number of hydrogen-bond acceptors (Lipinski definition) is 10. The Labute approximate surface area is 171 Å². The molecule has 0 unspecified atom stereocenters. The maximum absolute atomic E-state index is 11.1. The van der Waals surface area contributed by atoms with E-state index in [2.05, 4.69) is 15.6 Å². The Morgan fingerprint density at radius 2 is 1.28 bits per heavy atom. The first-order valence-electron chi connectivity index (χ1n) is 9.76. The molecule has 0 amide bonds. The van der Waals surface area contributed by atoms with Gasteiger partial charge in [0.25, 0.3) is 0 Å². The summed E-state index contributed by atoms with van der Waals surface area (Å²) in [6, 6.07) is 0. The van der Waals surface area contributed by atoms with E-state index in [9.17, 15) is 4.79 Å². The van der Waals surface area contributed by atoms with Crippen molar-refractivity contribution in [2.24, 2.45) is 0 Å². The number of ketones is 1. The van der Waals surface area contributed by atoms with Crippen molar-refractivity contribution in [3.05, 3.63) is 11.9 Å². The zero-order chi connectivity index (χ0) is 21.0. The lowest BCUT2D eigenvalue weighted by atomic mass is 10.3. The molecule has 29 heavy (non-hydrogen) atoms. The summed E-state index contributed by atoms with van der Waals surface area (Å²) < 4.78 is 33.8. The van der Waals surface area contributed by atoms with Crippen molar-refractivity contribution in [1.82, 2.24) is 20.3 Å². The third-order valence-electron chi connectivity index (χ3n) is 3.47. The first kappa shape index (κ1) is 25.6. The van der Waals surface area contributed by atoms with Crippen LogP contribution in [-0.2, 0) is 35.0 Å². The van der Waals surface area contributed by atoms with Gasteiger partial charge in [0.1, 0.15) is 5.69 Å². The number of hydrogen-bond donors (Lipinski definition) is 1. The first-order chi connectivity index (χ1) is 14.2. The zero-order valence-electron chi connectivity index (χ0n) is 17.5. The quantitative estimate of drug-likeness (QED) is 0.163. The van der Waals surface area contributed by atoms with Gasteiger partial charge in [-0.25, -0.2) is 4.68 Å². The smallest absolute Gasteiger partial charge is 0.181 e. The van der Waals surface area contributed by atoms with Crippen LogP contribution in [0.15, 0.2) is 6.20 Å². The normalized spacial score (nSPS) is 11.2. The average molecular weight is 418 g/mol. The Hall–Kier alpha value is -1.47. The van der Waals surface area contributed by atoms with Crippen molar-refractivity contribution >= 4 is 5.78 Å². The summed E-state index contributed by atoms with van der Waals surface area (Å²) in [5.41, 5.74) is 0.359. The van der Waals surface area contributed by atoms with Crippen LogP contribution in [0.5, 0.6) is 0 Å². The van der Waals surface area contributed by atoms with E-state index in [1.165, 1.54) is 6.92 Å². The zero-order valence-corrected chi connectivity index (χ0v) is 17.5. The number of aromatic nitrogens is 3. The number of nitrogens with one attached hydrogen (secondary N) is 1. The first-order valence-corrected chi connectivity index (χ1v) is 9.76. The van der Waals surface area contributed by atoms with Crippen molar-refractivity contribution in [2.75, 3.05) is 86.5 Å². The second-order valence-corrected chi connectivity index (χ2v) is 5.89. The molecule has 0 aliphatic rings. The van der Waals surface area contributed by atoms with Gasteiger partial charge in [-0.3, -0.25) is 10.1 Å². The van der Waals surface area contributed by atoms with E-state index >= 15 is 0 Å². The van der Waals surface area contributed by atoms with Crippen LogP contribution in [0.4, 0.5) is 0 Å². The summed E-state index contributed by atoms with van der Waals surface area (Å²) in [5, 5.41) is 10.5. The van der Waals surface area contributed by atoms with Gasteiger partial charge in [-0.2, -0.15) is 0 Å². The molecular formula is C18H34N4O7. The van der Waals surface area contributed by atoms with Crippen LogP contribution < -0.4 is 5.32 Å². The molecule has 1 aromatic rings. The molecule has 0 saturated carbocycles. The number of carbonyl (C=O) groups is 1. The highest BCUT2D eigenvalue weighted by Gasteiger charge is 2.04. The lowest BCUT2D eigenvalue weighted by molar-refractivity contribution is -0.0176. The topological polar surface area (TPSA) is 115 Å². The second kappa shape index (κ2) is 18.6. The summed E-state index contributed by atoms with van der Waals surface area (Å²) in [7, 11) is 1.83. The van der Waals surface area contributed by atoms with Crippen LogP contribution in [0.25, 0.3) is 0 Å². The van der Waals surface area contributed by atoms with Gasteiger partial charge in [-0.05, 0) is 7.05 Å². The van der Waals surface area contributed by atoms with Gasteiger partial charge >= 0.3 is 0 Å². The molecule has 0 bridgehead atoms. The lowest BCUT2D eigenvalue weighted by Gasteiger charge is -2.08. The number of Topliss-reactive ketones (excluding diaryl/α,β-unsaturated/α-hetero) is 1. The predicted molar refractivity (Wildman–Crippen MR) is 104 cm³/mol. The molecule has 0 radical (unpaired) electrons. The molecule has 1 rings (SSSR count). The molecule has 0 aromatic carbocycles. The fourth-order valence-electron chi connectivity index (χ4n) is 2.00. The minimum atomic E-state index is -0.102.